The lowest BCUT2D eigenvalue weighted by Crippen LogP contribution is -1.91. The van der Waals surface area contributed by atoms with Crippen molar-refractivity contribution in [2.75, 3.05) is 0 Å². The van der Waals surface area contributed by atoms with Crippen LogP contribution < -0.4 is 0 Å². The standard InChI is InChI=1S/C14H13NO2/c16-14(17)8-4-1-5-11-9-10-15-13-7-3-2-6-12(11)13/h1-3,5-7,9-10H,4,8H2,(H,16,17). The van der Waals surface area contributed by atoms with Gasteiger partial charge in [-0.25, -0.2) is 0 Å². The van der Waals surface area contributed by atoms with Crippen molar-refractivity contribution in [2.24, 2.45) is 0 Å². The summed E-state index contributed by atoms with van der Waals surface area (Å²) in [5, 5.41) is 9.62. The van der Waals surface area contributed by atoms with E-state index in [2.05, 4.69) is 4.98 Å². The zero-order valence-electron chi connectivity index (χ0n) is 9.34. The highest BCUT2D eigenvalue weighted by Gasteiger charge is 1.97. The second-order valence-corrected chi connectivity index (χ2v) is 3.75. The molecule has 0 saturated carbocycles. The number of carboxylic acids is 1. The minimum atomic E-state index is -0.769. The van der Waals surface area contributed by atoms with Crippen LogP contribution in [0.5, 0.6) is 0 Å². The molecule has 0 aliphatic heterocycles. The Morgan fingerprint density at radius 3 is 2.94 bits per heavy atom. The van der Waals surface area contributed by atoms with Crippen LogP contribution in [0.4, 0.5) is 0 Å². The number of carboxylic acid groups (broad SMARTS) is 1. The second kappa shape index (κ2) is 5.25. The predicted octanol–water partition coefficient (Wildman–Crippen LogP) is 3.11. The molecular weight excluding hydrogens is 214 g/mol. The van der Waals surface area contributed by atoms with Gasteiger partial charge in [0.2, 0.25) is 0 Å². The van der Waals surface area contributed by atoms with Crippen molar-refractivity contribution >= 4 is 22.9 Å². The van der Waals surface area contributed by atoms with E-state index in [0.29, 0.717) is 6.42 Å². The van der Waals surface area contributed by atoms with Gasteiger partial charge in [0.25, 0.3) is 0 Å². The normalized spacial score (nSPS) is 11.1. The van der Waals surface area contributed by atoms with Gasteiger partial charge in [0, 0.05) is 18.0 Å². The van der Waals surface area contributed by atoms with Gasteiger partial charge in [0.15, 0.2) is 0 Å². The molecular formula is C14H13NO2. The molecule has 2 rings (SSSR count). The van der Waals surface area contributed by atoms with Crippen molar-refractivity contribution in [1.82, 2.24) is 4.98 Å². The average Bonchev–Trinajstić information content (AvgIpc) is 2.34. The van der Waals surface area contributed by atoms with Crippen LogP contribution in [0.3, 0.4) is 0 Å². The molecule has 3 heteroatoms. The molecule has 17 heavy (non-hydrogen) atoms. The molecule has 0 spiro atoms. The first kappa shape index (κ1) is 11.3. The summed E-state index contributed by atoms with van der Waals surface area (Å²) in [6.45, 7) is 0. The van der Waals surface area contributed by atoms with Gasteiger partial charge >= 0.3 is 5.97 Å². The highest BCUT2D eigenvalue weighted by molar-refractivity contribution is 5.87. The molecule has 0 aliphatic rings. The van der Waals surface area contributed by atoms with E-state index in [9.17, 15) is 4.79 Å². The van der Waals surface area contributed by atoms with E-state index in [0.717, 1.165) is 16.5 Å². The van der Waals surface area contributed by atoms with Crippen LogP contribution in [0.15, 0.2) is 42.6 Å². The maximum atomic E-state index is 10.4. The maximum Gasteiger partial charge on any atom is 0.303 e. The van der Waals surface area contributed by atoms with Crippen molar-refractivity contribution in [3.8, 4) is 0 Å². The van der Waals surface area contributed by atoms with E-state index in [1.165, 1.54) is 0 Å². The van der Waals surface area contributed by atoms with Crippen LogP contribution in [0.25, 0.3) is 17.0 Å². The lowest BCUT2D eigenvalue weighted by Gasteiger charge is -2.00. The number of aliphatic carboxylic acids is 1. The van der Waals surface area contributed by atoms with Gasteiger partial charge in [-0.15, -0.1) is 0 Å². The summed E-state index contributed by atoms with van der Waals surface area (Å²) in [7, 11) is 0. The summed E-state index contributed by atoms with van der Waals surface area (Å²) in [5.74, 6) is -0.769. The quantitative estimate of drug-likeness (QED) is 0.873. The zero-order valence-corrected chi connectivity index (χ0v) is 9.34. The number of pyridine rings is 1. The minimum absolute atomic E-state index is 0.166. The number of rotatable bonds is 4. The van der Waals surface area contributed by atoms with Gasteiger partial charge in [-0.1, -0.05) is 30.4 Å². The minimum Gasteiger partial charge on any atom is -0.481 e. The Hall–Kier alpha value is -2.16. The van der Waals surface area contributed by atoms with E-state index >= 15 is 0 Å². The van der Waals surface area contributed by atoms with Crippen molar-refractivity contribution in [1.29, 1.82) is 0 Å². The van der Waals surface area contributed by atoms with Crippen LogP contribution in [0, 0.1) is 0 Å². The molecule has 0 amide bonds. The number of benzene rings is 1. The number of hydrogen-bond acceptors (Lipinski definition) is 2. The van der Waals surface area contributed by atoms with Crippen LogP contribution in [0.1, 0.15) is 18.4 Å². The Kier molecular flexibility index (Phi) is 3.50. The topological polar surface area (TPSA) is 50.2 Å². The first-order chi connectivity index (χ1) is 8.27. The summed E-state index contributed by atoms with van der Waals surface area (Å²) >= 11 is 0. The van der Waals surface area contributed by atoms with E-state index < -0.39 is 5.97 Å². The molecule has 0 bridgehead atoms. The summed E-state index contributed by atoms with van der Waals surface area (Å²) in [6.07, 6.45) is 6.31. The summed E-state index contributed by atoms with van der Waals surface area (Å²) in [5.41, 5.74) is 2.02. The van der Waals surface area contributed by atoms with Crippen molar-refractivity contribution in [3.63, 3.8) is 0 Å². The summed E-state index contributed by atoms with van der Waals surface area (Å²) < 4.78 is 0. The molecule has 1 heterocycles. The molecule has 1 aromatic heterocycles. The van der Waals surface area contributed by atoms with E-state index in [4.69, 9.17) is 5.11 Å². The highest BCUT2D eigenvalue weighted by Crippen LogP contribution is 2.17. The monoisotopic (exact) mass is 227 g/mol. The molecule has 1 N–H and O–H groups in total. The van der Waals surface area contributed by atoms with Gasteiger partial charge in [-0.05, 0) is 24.1 Å². The fourth-order valence-corrected chi connectivity index (χ4v) is 1.68. The first-order valence-corrected chi connectivity index (χ1v) is 5.49. The summed E-state index contributed by atoms with van der Waals surface area (Å²) in [4.78, 5) is 14.6. The lowest BCUT2D eigenvalue weighted by molar-refractivity contribution is -0.136. The molecule has 0 fully saturated rings. The van der Waals surface area contributed by atoms with Gasteiger partial charge in [0.05, 0.1) is 5.52 Å². The van der Waals surface area contributed by atoms with Gasteiger partial charge in [-0.3, -0.25) is 9.78 Å². The van der Waals surface area contributed by atoms with E-state index in [1.807, 2.05) is 42.5 Å². The third-order valence-corrected chi connectivity index (χ3v) is 2.51. The number of nitrogens with zero attached hydrogens (tertiary/aromatic N) is 1. The van der Waals surface area contributed by atoms with Crippen LogP contribution in [-0.2, 0) is 4.79 Å². The smallest absolute Gasteiger partial charge is 0.303 e. The fraction of sp³-hybridized carbons (Fsp3) is 0.143. The van der Waals surface area contributed by atoms with Crippen LogP contribution in [0.2, 0.25) is 0 Å². The van der Waals surface area contributed by atoms with Gasteiger partial charge in [0.1, 0.15) is 0 Å². The number of hydrogen-bond donors (Lipinski definition) is 1. The largest absolute Gasteiger partial charge is 0.481 e. The average molecular weight is 227 g/mol. The number of carbonyl (C=O) groups is 1. The third-order valence-electron chi connectivity index (χ3n) is 2.51. The predicted molar refractivity (Wildman–Crippen MR) is 67.6 cm³/mol. The Morgan fingerprint density at radius 2 is 2.12 bits per heavy atom. The van der Waals surface area contributed by atoms with Crippen LogP contribution in [-0.4, -0.2) is 16.1 Å². The molecule has 2 aromatic rings. The Balaban J connectivity index is 2.21. The molecule has 0 radical (unpaired) electrons. The van der Waals surface area contributed by atoms with Gasteiger partial charge in [-0.2, -0.15) is 0 Å². The molecule has 0 atom stereocenters. The maximum absolute atomic E-state index is 10.4. The van der Waals surface area contributed by atoms with Crippen LogP contribution >= 0.6 is 0 Å². The number of para-hydroxylation sites is 1. The Bertz CT molecular complexity index is 556. The third kappa shape index (κ3) is 2.91. The molecule has 0 saturated heterocycles. The molecule has 3 nitrogen and oxygen atoms in total. The lowest BCUT2D eigenvalue weighted by atomic mass is 10.1. The second-order valence-electron chi connectivity index (χ2n) is 3.75. The molecule has 0 aliphatic carbocycles. The number of aromatic nitrogens is 1. The highest BCUT2D eigenvalue weighted by atomic mass is 16.4. The molecule has 0 unspecified atom stereocenters. The fourth-order valence-electron chi connectivity index (χ4n) is 1.68. The molecule has 86 valence electrons. The first-order valence-electron chi connectivity index (χ1n) is 5.49. The SMILES string of the molecule is O=C(O)CCC=Cc1ccnc2ccccc12. The van der Waals surface area contributed by atoms with E-state index in [-0.39, 0.29) is 6.42 Å². The summed E-state index contributed by atoms with van der Waals surface area (Å²) in [6, 6.07) is 9.83. The zero-order chi connectivity index (χ0) is 12.1. The van der Waals surface area contributed by atoms with Crippen molar-refractivity contribution in [3.05, 3.63) is 48.2 Å². The van der Waals surface area contributed by atoms with E-state index in [1.54, 1.807) is 6.20 Å². The molecule has 1 aromatic carbocycles. The Labute approximate surface area is 99.4 Å². The number of fused-ring (bicyclic) bond motifs is 1. The van der Waals surface area contributed by atoms with Crippen molar-refractivity contribution < 1.29 is 9.90 Å². The number of allylic oxidation sites excluding steroid dienone is 1. The van der Waals surface area contributed by atoms with Crippen molar-refractivity contribution in [2.45, 2.75) is 12.8 Å². The Morgan fingerprint density at radius 1 is 1.29 bits per heavy atom. The van der Waals surface area contributed by atoms with Gasteiger partial charge < -0.3 is 5.11 Å².